The van der Waals surface area contributed by atoms with Crippen LogP contribution < -0.4 is 0 Å². The molecular weight excluding hydrogens is 204 g/mol. The number of amides is 1. The van der Waals surface area contributed by atoms with Crippen LogP contribution >= 0.6 is 0 Å². The van der Waals surface area contributed by atoms with Crippen LogP contribution in [-0.4, -0.2) is 66.6 Å². The maximum absolute atomic E-state index is 11.7. The summed E-state index contributed by atoms with van der Waals surface area (Å²) in [5, 5.41) is 0. The van der Waals surface area contributed by atoms with Crippen molar-refractivity contribution in [1.29, 1.82) is 0 Å². The normalized spacial score (nSPS) is 9.00. The van der Waals surface area contributed by atoms with Crippen LogP contribution in [0.3, 0.4) is 0 Å². The van der Waals surface area contributed by atoms with E-state index in [1.807, 2.05) is 13.8 Å². The number of hydrogen-bond donors (Lipinski definition) is 0. The molecule has 0 atom stereocenters. The van der Waals surface area contributed by atoms with Crippen LogP contribution in [-0.2, 0) is 0 Å². The predicted molar refractivity (Wildman–Crippen MR) is 60.0 cm³/mol. The minimum atomic E-state index is 0. The third-order valence-corrected chi connectivity index (χ3v) is 1.96. The van der Waals surface area contributed by atoms with Gasteiger partial charge in [0.2, 0.25) is 0 Å². The van der Waals surface area contributed by atoms with Crippen LogP contribution in [0.5, 0.6) is 0 Å². The molecule has 1 aromatic heterocycles. The molecule has 0 bridgehead atoms. The molecule has 0 saturated carbocycles. The van der Waals surface area contributed by atoms with E-state index in [0.29, 0.717) is 5.56 Å². The average molecular weight is 220 g/mol. The molecule has 1 heterocycles. The molecule has 1 amide bonds. The van der Waals surface area contributed by atoms with Gasteiger partial charge in [-0.15, -0.1) is 0 Å². The molecule has 0 aliphatic carbocycles. The van der Waals surface area contributed by atoms with Crippen molar-refractivity contribution in [2.45, 2.75) is 13.8 Å². The van der Waals surface area contributed by atoms with Gasteiger partial charge in [-0.05, 0) is 26.0 Å². The third-order valence-electron chi connectivity index (χ3n) is 1.96. The van der Waals surface area contributed by atoms with Gasteiger partial charge >= 0.3 is 37.7 Å². The first-order valence-electron chi connectivity index (χ1n) is 4.48. The summed E-state index contributed by atoms with van der Waals surface area (Å²) in [5.74, 6) is 0.0538. The quantitative estimate of drug-likeness (QED) is 0.701. The molecule has 0 saturated heterocycles. The summed E-state index contributed by atoms with van der Waals surface area (Å²) < 4.78 is 0. The Morgan fingerprint density at radius 2 is 2.07 bits per heavy atom. The van der Waals surface area contributed by atoms with E-state index in [0.717, 1.165) is 13.1 Å². The topological polar surface area (TPSA) is 33.2 Å². The van der Waals surface area contributed by atoms with Gasteiger partial charge in [-0.25, -0.2) is 0 Å². The van der Waals surface area contributed by atoms with Crippen LogP contribution in [0.25, 0.3) is 0 Å². The summed E-state index contributed by atoms with van der Waals surface area (Å²) in [5.41, 5.74) is 0.659. The summed E-state index contributed by atoms with van der Waals surface area (Å²) in [6.45, 7) is 5.42. The van der Waals surface area contributed by atoms with Gasteiger partial charge in [-0.3, -0.25) is 9.78 Å². The summed E-state index contributed by atoms with van der Waals surface area (Å²) in [7, 11) is 0. The molecule has 0 N–H and O–H groups in total. The molecule has 0 unspecified atom stereocenters. The van der Waals surface area contributed by atoms with Crippen molar-refractivity contribution in [3.8, 4) is 0 Å². The van der Waals surface area contributed by atoms with Crippen molar-refractivity contribution in [2.24, 2.45) is 0 Å². The Kier molecular flexibility index (Phi) is 7.15. The number of nitrogens with zero attached hydrogens (tertiary/aromatic N) is 2. The molecule has 0 fully saturated rings. The molecule has 0 aromatic carbocycles. The molecule has 14 heavy (non-hydrogen) atoms. The van der Waals surface area contributed by atoms with E-state index in [4.69, 9.17) is 0 Å². The SMILES string of the molecule is CCN(CC)C(=O)c1cccnc1.[CaH2]. The molecule has 1 aromatic rings. The van der Waals surface area contributed by atoms with Gasteiger partial charge in [0, 0.05) is 25.5 Å². The molecule has 0 aliphatic heterocycles. The van der Waals surface area contributed by atoms with Gasteiger partial charge in [0.25, 0.3) is 5.91 Å². The van der Waals surface area contributed by atoms with E-state index in [9.17, 15) is 4.79 Å². The predicted octanol–water partition coefficient (Wildman–Crippen LogP) is 0.647. The van der Waals surface area contributed by atoms with Crippen molar-refractivity contribution in [1.82, 2.24) is 9.88 Å². The minimum absolute atomic E-state index is 0. The molecule has 4 heteroatoms. The van der Waals surface area contributed by atoms with Crippen LogP contribution in [0.2, 0.25) is 0 Å². The van der Waals surface area contributed by atoms with Gasteiger partial charge in [0.15, 0.2) is 0 Å². The van der Waals surface area contributed by atoms with Crippen molar-refractivity contribution < 1.29 is 4.79 Å². The zero-order valence-corrected chi connectivity index (χ0v) is 8.03. The number of aromatic nitrogens is 1. The van der Waals surface area contributed by atoms with E-state index in [1.165, 1.54) is 0 Å². The van der Waals surface area contributed by atoms with Crippen LogP contribution in [0.1, 0.15) is 24.2 Å². The molecular formula is C10H16CaN2O. The Balaban J connectivity index is 0.00000169. The first-order chi connectivity index (χ1) is 6.29. The zero-order chi connectivity index (χ0) is 9.68. The van der Waals surface area contributed by atoms with E-state index in [1.54, 1.807) is 29.4 Å². The standard InChI is InChI=1S/C10H14N2O.Ca.2H/c1-3-12(4-2)10(13)9-6-5-7-11-8-9;;;/h5-8H,3-4H2,1-2H3;;;. The van der Waals surface area contributed by atoms with Crippen molar-refractivity contribution in [3.05, 3.63) is 30.1 Å². The second kappa shape index (κ2) is 7.21. The third kappa shape index (κ3) is 3.56. The van der Waals surface area contributed by atoms with E-state index in [-0.39, 0.29) is 43.6 Å². The zero-order valence-electron chi connectivity index (χ0n) is 8.03. The fraction of sp³-hybridized carbons (Fsp3) is 0.400. The molecule has 3 nitrogen and oxygen atoms in total. The van der Waals surface area contributed by atoms with Gasteiger partial charge in [0.05, 0.1) is 5.56 Å². The molecule has 0 aliphatic rings. The van der Waals surface area contributed by atoms with Crippen LogP contribution in [0, 0.1) is 0 Å². The Morgan fingerprint density at radius 1 is 1.43 bits per heavy atom. The summed E-state index contributed by atoms with van der Waals surface area (Å²) in [4.78, 5) is 17.4. The van der Waals surface area contributed by atoms with Crippen LogP contribution in [0.15, 0.2) is 24.5 Å². The maximum atomic E-state index is 11.7. The van der Waals surface area contributed by atoms with Crippen molar-refractivity contribution in [3.63, 3.8) is 0 Å². The Morgan fingerprint density at radius 3 is 2.50 bits per heavy atom. The second-order valence-corrected chi connectivity index (χ2v) is 2.72. The first-order valence-corrected chi connectivity index (χ1v) is 4.48. The van der Waals surface area contributed by atoms with Gasteiger partial charge in [-0.2, -0.15) is 0 Å². The van der Waals surface area contributed by atoms with E-state index < -0.39 is 0 Å². The van der Waals surface area contributed by atoms with Gasteiger partial charge in [0.1, 0.15) is 0 Å². The number of pyridine rings is 1. The van der Waals surface area contributed by atoms with Gasteiger partial charge in [-0.1, -0.05) is 0 Å². The van der Waals surface area contributed by atoms with Gasteiger partial charge < -0.3 is 4.90 Å². The first kappa shape index (κ1) is 13.9. The number of hydrogen-bond acceptors (Lipinski definition) is 2. The summed E-state index contributed by atoms with van der Waals surface area (Å²) in [6.07, 6.45) is 3.26. The number of carbonyl (C=O) groups excluding carboxylic acids is 1. The van der Waals surface area contributed by atoms with E-state index >= 15 is 0 Å². The monoisotopic (exact) mass is 220 g/mol. The Hall–Kier alpha value is -0.120. The summed E-state index contributed by atoms with van der Waals surface area (Å²) in [6, 6.07) is 3.56. The van der Waals surface area contributed by atoms with Crippen LogP contribution in [0.4, 0.5) is 0 Å². The van der Waals surface area contributed by atoms with Crippen molar-refractivity contribution >= 4 is 43.6 Å². The number of rotatable bonds is 3. The summed E-state index contributed by atoms with van der Waals surface area (Å²) >= 11 is 0. The van der Waals surface area contributed by atoms with E-state index in [2.05, 4.69) is 4.98 Å². The Bertz CT molecular complexity index is 273. The number of carbonyl (C=O) groups is 1. The Labute approximate surface area is 115 Å². The molecule has 1 rings (SSSR count). The average Bonchev–Trinajstić information content (AvgIpc) is 2.21. The molecule has 74 valence electrons. The second-order valence-electron chi connectivity index (χ2n) is 2.72. The molecule has 0 spiro atoms. The fourth-order valence-corrected chi connectivity index (χ4v) is 1.18. The fourth-order valence-electron chi connectivity index (χ4n) is 1.18. The molecule has 0 radical (unpaired) electrons. The van der Waals surface area contributed by atoms with Crippen molar-refractivity contribution in [2.75, 3.05) is 13.1 Å².